The monoisotopic (exact) mass is 396 g/mol. The fraction of sp³-hybridized carbons (Fsp3) is 0.273. The molecule has 6 heteroatoms. The van der Waals surface area contributed by atoms with Crippen molar-refractivity contribution in [3.63, 3.8) is 0 Å². The second kappa shape index (κ2) is 9.48. The number of methoxy groups -OCH3 is 1. The molecular formula is C22H24N2O3S. The zero-order valence-electron chi connectivity index (χ0n) is 16.3. The van der Waals surface area contributed by atoms with Crippen molar-refractivity contribution >= 4 is 22.4 Å². The zero-order chi connectivity index (χ0) is 19.9. The molecule has 0 atom stereocenters. The van der Waals surface area contributed by atoms with Gasteiger partial charge in [-0.25, -0.2) is 4.98 Å². The molecule has 0 unspecified atom stereocenters. The Morgan fingerprint density at radius 3 is 2.68 bits per heavy atom. The van der Waals surface area contributed by atoms with E-state index >= 15 is 0 Å². The highest BCUT2D eigenvalue weighted by atomic mass is 32.1. The van der Waals surface area contributed by atoms with Gasteiger partial charge in [-0.2, -0.15) is 0 Å². The lowest BCUT2D eigenvalue weighted by Gasteiger charge is -2.09. The Balaban J connectivity index is 1.56. The van der Waals surface area contributed by atoms with Crippen LogP contribution in [-0.2, 0) is 16.0 Å². The molecule has 0 aliphatic heterocycles. The summed E-state index contributed by atoms with van der Waals surface area (Å²) in [6.45, 7) is 4.61. The Morgan fingerprint density at radius 2 is 1.93 bits per heavy atom. The van der Waals surface area contributed by atoms with Crippen molar-refractivity contribution in [3.05, 3.63) is 64.5 Å². The molecule has 3 rings (SSSR count). The summed E-state index contributed by atoms with van der Waals surface area (Å²) in [7, 11) is 1.70. The standard InChI is InChI=1S/C22H24N2O3S/c1-15-4-5-16(2)20(12-15)27-13-21(25)24-22-23-19(14-28-22)18-8-6-17(7-9-18)10-11-26-3/h4-9,12,14H,10-11,13H2,1-3H3,(H,23,24,25). The number of carbonyl (C=O) groups excluding carboxylic acids is 1. The quantitative estimate of drug-likeness (QED) is 0.603. The van der Waals surface area contributed by atoms with Crippen molar-refractivity contribution in [3.8, 4) is 17.0 Å². The highest BCUT2D eigenvalue weighted by Crippen LogP contribution is 2.25. The average molecular weight is 397 g/mol. The Hall–Kier alpha value is -2.70. The highest BCUT2D eigenvalue weighted by Gasteiger charge is 2.10. The first-order chi connectivity index (χ1) is 13.5. The molecule has 146 valence electrons. The number of hydrogen-bond acceptors (Lipinski definition) is 5. The molecule has 0 aliphatic rings. The van der Waals surface area contributed by atoms with Crippen molar-refractivity contribution in [1.82, 2.24) is 4.98 Å². The number of anilines is 1. The van der Waals surface area contributed by atoms with Crippen molar-refractivity contribution in [1.29, 1.82) is 0 Å². The number of carbonyl (C=O) groups is 1. The Morgan fingerprint density at radius 1 is 1.14 bits per heavy atom. The van der Waals surface area contributed by atoms with E-state index in [4.69, 9.17) is 9.47 Å². The van der Waals surface area contributed by atoms with Gasteiger partial charge in [-0.1, -0.05) is 36.4 Å². The van der Waals surface area contributed by atoms with E-state index < -0.39 is 0 Å². The number of aromatic nitrogens is 1. The van der Waals surface area contributed by atoms with Gasteiger partial charge in [0.25, 0.3) is 5.91 Å². The van der Waals surface area contributed by atoms with Gasteiger partial charge in [0.15, 0.2) is 11.7 Å². The van der Waals surface area contributed by atoms with Crippen LogP contribution in [0.25, 0.3) is 11.3 Å². The molecule has 1 heterocycles. The summed E-state index contributed by atoms with van der Waals surface area (Å²) in [4.78, 5) is 16.7. The molecule has 0 fully saturated rings. The molecule has 0 saturated heterocycles. The molecule has 28 heavy (non-hydrogen) atoms. The van der Waals surface area contributed by atoms with E-state index in [0.717, 1.165) is 34.6 Å². The van der Waals surface area contributed by atoms with Crippen LogP contribution < -0.4 is 10.1 Å². The largest absolute Gasteiger partial charge is 0.483 e. The van der Waals surface area contributed by atoms with Crippen LogP contribution in [0.15, 0.2) is 47.8 Å². The number of amides is 1. The number of ether oxygens (including phenoxy) is 2. The van der Waals surface area contributed by atoms with Crippen LogP contribution in [-0.4, -0.2) is 31.2 Å². The summed E-state index contributed by atoms with van der Waals surface area (Å²) in [5.41, 5.74) is 5.18. The van der Waals surface area contributed by atoms with Gasteiger partial charge in [-0.05, 0) is 43.0 Å². The predicted molar refractivity (Wildman–Crippen MR) is 113 cm³/mol. The van der Waals surface area contributed by atoms with Crippen LogP contribution in [0.3, 0.4) is 0 Å². The molecule has 5 nitrogen and oxygen atoms in total. The van der Waals surface area contributed by atoms with Crippen LogP contribution in [0.5, 0.6) is 5.75 Å². The maximum Gasteiger partial charge on any atom is 0.264 e. The van der Waals surface area contributed by atoms with Crippen molar-refractivity contribution in [2.24, 2.45) is 0 Å². The van der Waals surface area contributed by atoms with Crippen LogP contribution in [0, 0.1) is 13.8 Å². The Kier molecular flexibility index (Phi) is 6.79. The Labute approximate surface area is 169 Å². The average Bonchev–Trinajstić information content (AvgIpc) is 3.16. The van der Waals surface area contributed by atoms with Gasteiger partial charge in [0.05, 0.1) is 12.3 Å². The van der Waals surface area contributed by atoms with Gasteiger partial charge in [0.1, 0.15) is 5.75 Å². The lowest BCUT2D eigenvalue weighted by atomic mass is 10.1. The molecule has 0 saturated carbocycles. The molecule has 1 N–H and O–H groups in total. The highest BCUT2D eigenvalue weighted by molar-refractivity contribution is 7.14. The number of hydrogen-bond donors (Lipinski definition) is 1. The summed E-state index contributed by atoms with van der Waals surface area (Å²) < 4.78 is 10.7. The van der Waals surface area contributed by atoms with Gasteiger partial charge in [0, 0.05) is 18.1 Å². The van der Waals surface area contributed by atoms with E-state index in [1.54, 1.807) is 7.11 Å². The smallest absolute Gasteiger partial charge is 0.264 e. The molecule has 2 aromatic carbocycles. The summed E-state index contributed by atoms with van der Waals surface area (Å²) in [6, 6.07) is 14.2. The van der Waals surface area contributed by atoms with Crippen molar-refractivity contribution in [2.75, 3.05) is 25.6 Å². The minimum atomic E-state index is -0.225. The lowest BCUT2D eigenvalue weighted by molar-refractivity contribution is -0.118. The first-order valence-electron chi connectivity index (χ1n) is 9.09. The number of rotatable bonds is 8. The number of nitrogens with zero attached hydrogens (tertiary/aromatic N) is 1. The summed E-state index contributed by atoms with van der Waals surface area (Å²) in [6.07, 6.45) is 0.884. The van der Waals surface area contributed by atoms with Gasteiger partial charge in [0.2, 0.25) is 0 Å². The normalized spacial score (nSPS) is 10.7. The van der Waals surface area contributed by atoms with E-state index in [0.29, 0.717) is 11.7 Å². The Bertz CT molecular complexity index is 935. The minimum Gasteiger partial charge on any atom is -0.483 e. The van der Waals surface area contributed by atoms with Gasteiger partial charge in [-0.15, -0.1) is 11.3 Å². The first-order valence-corrected chi connectivity index (χ1v) is 9.97. The van der Waals surface area contributed by atoms with Crippen LogP contribution in [0.4, 0.5) is 5.13 Å². The summed E-state index contributed by atoms with van der Waals surface area (Å²) in [5.74, 6) is 0.500. The van der Waals surface area contributed by atoms with E-state index in [1.165, 1.54) is 16.9 Å². The summed E-state index contributed by atoms with van der Waals surface area (Å²) >= 11 is 1.40. The fourth-order valence-corrected chi connectivity index (χ4v) is 3.42. The number of aryl methyl sites for hydroxylation is 2. The molecule has 0 aliphatic carbocycles. The maximum atomic E-state index is 12.2. The SMILES string of the molecule is COCCc1ccc(-c2csc(NC(=O)COc3cc(C)ccc3C)n2)cc1. The topological polar surface area (TPSA) is 60.5 Å². The molecule has 0 radical (unpaired) electrons. The third-order valence-electron chi connectivity index (χ3n) is 4.30. The molecule has 1 amide bonds. The minimum absolute atomic E-state index is 0.0482. The number of benzene rings is 2. The zero-order valence-corrected chi connectivity index (χ0v) is 17.1. The molecule has 3 aromatic rings. The van der Waals surface area contributed by atoms with Crippen LogP contribution >= 0.6 is 11.3 Å². The number of nitrogens with one attached hydrogen (secondary N) is 1. The van der Waals surface area contributed by atoms with Crippen LogP contribution in [0.1, 0.15) is 16.7 Å². The maximum absolute atomic E-state index is 12.2. The molecule has 0 spiro atoms. The van der Waals surface area contributed by atoms with Crippen molar-refractivity contribution in [2.45, 2.75) is 20.3 Å². The van der Waals surface area contributed by atoms with Crippen LogP contribution in [0.2, 0.25) is 0 Å². The second-order valence-corrected chi connectivity index (χ2v) is 7.44. The van der Waals surface area contributed by atoms with Crippen molar-refractivity contribution < 1.29 is 14.3 Å². The summed E-state index contributed by atoms with van der Waals surface area (Å²) in [5, 5.41) is 5.30. The van der Waals surface area contributed by atoms with E-state index in [9.17, 15) is 4.79 Å². The lowest BCUT2D eigenvalue weighted by Crippen LogP contribution is -2.20. The molecule has 1 aromatic heterocycles. The molecule has 0 bridgehead atoms. The number of thiazole rings is 1. The molecular weight excluding hydrogens is 372 g/mol. The van der Waals surface area contributed by atoms with Gasteiger partial charge < -0.3 is 9.47 Å². The van der Waals surface area contributed by atoms with E-state index in [-0.39, 0.29) is 12.5 Å². The predicted octanol–water partition coefficient (Wildman–Crippen LogP) is 4.63. The third-order valence-corrected chi connectivity index (χ3v) is 5.06. The first kappa shape index (κ1) is 20.0. The third kappa shape index (κ3) is 5.41. The fourth-order valence-electron chi connectivity index (χ4n) is 2.69. The van der Waals surface area contributed by atoms with E-state index in [1.807, 2.05) is 49.6 Å². The van der Waals surface area contributed by atoms with E-state index in [2.05, 4.69) is 22.4 Å². The van der Waals surface area contributed by atoms with Gasteiger partial charge in [-0.3, -0.25) is 10.1 Å². The van der Waals surface area contributed by atoms with Gasteiger partial charge >= 0.3 is 0 Å². The second-order valence-electron chi connectivity index (χ2n) is 6.58.